The number of nitrogens with zero attached hydrogens (tertiary/aromatic N) is 1. The summed E-state index contributed by atoms with van der Waals surface area (Å²) in [6, 6.07) is 0. The second-order valence-electron chi connectivity index (χ2n) is 8.87. The van der Waals surface area contributed by atoms with E-state index in [-0.39, 0.29) is 23.8 Å². The number of aromatic amines is 1. The molecule has 0 aromatic carbocycles. The second kappa shape index (κ2) is 6.90. The van der Waals surface area contributed by atoms with Gasteiger partial charge in [0.2, 0.25) is 0 Å². The Labute approximate surface area is 154 Å². The largest absolute Gasteiger partial charge is 0.408 e. The number of carbonyl (C=O) groups excluding carboxylic acids is 1. The van der Waals surface area contributed by atoms with E-state index in [2.05, 4.69) is 38.8 Å². The van der Waals surface area contributed by atoms with E-state index in [0.717, 1.165) is 0 Å². The first kappa shape index (κ1) is 20.8. The van der Waals surface area contributed by atoms with Gasteiger partial charge < -0.3 is 9.16 Å². The zero-order chi connectivity index (χ0) is 19.9. The lowest BCUT2D eigenvalue weighted by atomic mass is 9.96. The fraction of sp³-hybridized carbons (Fsp3) is 0.722. The normalized spacial score (nSPS) is 24.0. The lowest BCUT2D eigenvalue weighted by Crippen LogP contribution is -2.51. The number of ether oxygens (including phenoxy) is 1. The number of aromatic nitrogens is 2. The van der Waals surface area contributed by atoms with Crippen LogP contribution in [-0.2, 0) is 14.0 Å². The minimum absolute atomic E-state index is 0.0136. The van der Waals surface area contributed by atoms with E-state index < -0.39 is 31.4 Å². The van der Waals surface area contributed by atoms with Crippen molar-refractivity contribution < 1.29 is 14.0 Å². The minimum atomic E-state index is -2.15. The second-order valence-corrected chi connectivity index (χ2v) is 13.6. The van der Waals surface area contributed by atoms with Gasteiger partial charge in [-0.3, -0.25) is 19.1 Å². The smallest absolute Gasteiger partial charge is 0.330 e. The van der Waals surface area contributed by atoms with Crippen molar-refractivity contribution in [3.8, 4) is 0 Å². The monoisotopic (exact) mass is 382 g/mol. The Balaban J connectivity index is 2.36. The van der Waals surface area contributed by atoms with Crippen molar-refractivity contribution >= 4 is 14.1 Å². The van der Waals surface area contributed by atoms with Crippen LogP contribution in [0.1, 0.15) is 52.3 Å². The van der Waals surface area contributed by atoms with E-state index in [9.17, 15) is 14.4 Å². The zero-order valence-corrected chi connectivity index (χ0v) is 17.8. The van der Waals surface area contributed by atoms with Crippen LogP contribution in [0.15, 0.2) is 15.8 Å². The minimum Gasteiger partial charge on any atom is -0.408 e. The Morgan fingerprint density at radius 3 is 2.58 bits per heavy atom. The van der Waals surface area contributed by atoms with Gasteiger partial charge in [0.15, 0.2) is 8.32 Å². The van der Waals surface area contributed by atoms with E-state index in [1.54, 1.807) is 13.8 Å². The molecule has 1 N–H and O–H groups in total. The number of aryl methyl sites for hydroxylation is 1. The number of Topliss-reactive ketones (excluding diaryl/α,β-unsaturated/α-hetero) is 1. The van der Waals surface area contributed by atoms with E-state index >= 15 is 0 Å². The van der Waals surface area contributed by atoms with Crippen LogP contribution in [0, 0.1) is 6.92 Å². The summed E-state index contributed by atoms with van der Waals surface area (Å²) >= 11 is 0. The average Bonchev–Trinajstić information content (AvgIpc) is 2.83. The number of hydrogen-bond donors (Lipinski definition) is 1. The van der Waals surface area contributed by atoms with Crippen LogP contribution < -0.4 is 11.2 Å². The molecule has 8 heteroatoms. The Kier molecular flexibility index (Phi) is 5.52. The summed E-state index contributed by atoms with van der Waals surface area (Å²) in [6.07, 6.45) is 1.57. The molecule has 1 aliphatic rings. The number of rotatable bonds is 5. The average molecular weight is 383 g/mol. The standard InChI is InChI=1S/C18H30N2O5Si/c1-12-10-20(16(23)19-15(12)22)14-9-18(11-24-14,8-13(2)21)25-26(6,7)17(3,4)5/h10,14H,8-9,11H2,1-7H3,(H,19,22,23)/t14-,18?/m1/s1. The van der Waals surface area contributed by atoms with Gasteiger partial charge in [0.1, 0.15) is 12.0 Å². The van der Waals surface area contributed by atoms with E-state index in [0.29, 0.717) is 12.0 Å². The topological polar surface area (TPSA) is 90.4 Å². The highest BCUT2D eigenvalue weighted by atomic mass is 28.4. The first-order valence-corrected chi connectivity index (χ1v) is 11.8. The molecular weight excluding hydrogens is 352 g/mol. The van der Waals surface area contributed by atoms with Gasteiger partial charge in [0, 0.05) is 24.6 Å². The van der Waals surface area contributed by atoms with Gasteiger partial charge in [-0.25, -0.2) is 4.79 Å². The van der Waals surface area contributed by atoms with Crippen molar-refractivity contribution in [1.82, 2.24) is 9.55 Å². The molecule has 0 amide bonds. The summed E-state index contributed by atoms with van der Waals surface area (Å²) in [5, 5.41) is -0.0136. The molecule has 0 aliphatic carbocycles. The van der Waals surface area contributed by atoms with Gasteiger partial charge in [-0.15, -0.1) is 0 Å². The predicted molar refractivity (Wildman–Crippen MR) is 102 cm³/mol. The summed E-state index contributed by atoms with van der Waals surface area (Å²) < 4.78 is 13.9. The van der Waals surface area contributed by atoms with E-state index in [4.69, 9.17) is 9.16 Å². The zero-order valence-electron chi connectivity index (χ0n) is 16.8. The predicted octanol–water partition coefficient (Wildman–Crippen LogP) is 2.50. The van der Waals surface area contributed by atoms with Gasteiger partial charge in [-0.1, -0.05) is 20.8 Å². The van der Waals surface area contributed by atoms with E-state index in [1.807, 2.05) is 0 Å². The number of H-pyrrole nitrogens is 1. The molecule has 2 atom stereocenters. The highest BCUT2D eigenvalue weighted by Crippen LogP contribution is 2.44. The maximum Gasteiger partial charge on any atom is 0.330 e. The van der Waals surface area contributed by atoms with Crippen LogP contribution in [0.25, 0.3) is 0 Å². The highest BCUT2D eigenvalue weighted by Gasteiger charge is 2.50. The Hall–Kier alpha value is -1.51. The summed E-state index contributed by atoms with van der Waals surface area (Å²) in [5.41, 5.74) is -1.24. The number of ketones is 1. The molecule has 1 fully saturated rings. The van der Waals surface area contributed by atoms with Crippen molar-refractivity contribution in [3.05, 3.63) is 32.6 Å². The van der Waals surface area contributed by atoms with Crippen LogP contribution in [0.2, 0.25) is 18.1 Å². The van der Waals surface area contributed by atoms with Gasteiger partial charge in [-0.2, -0.15) is 0 Å². The maximum absolute atomic E-state index is 12.2. The van der Waals surface area contributed by atoms with Gasteiger partial charge >= 0.3 is 5.69 Å². The molecule has 0 radical (unpaired) electrons. The van der Waals surface area contributed by atoms with Crippen LogP contribution in [0.5, 0.6) is 0 Å². The molecule has 1 unspecified atom stereocenters. The number of carbonyl (C=O) groups is 1. The Morgan fingerprint density at radius 2 is 2.04 bits per heavy atom. The van der Waals surface area contributed by atoms with Crippen LogP contribution in [0.3, 0.4) is 0 Å². The molecule has 1 saturated heterocycles. The Bertz CT molecular complexity index is 805. The van der Waals surface area contributed by atoms with E-state index in [1.165, 1.54) is 10.8 Å². The van der Waals surface area contributed by atoms with Crippen LogP contribution in [0.4, 0.5) is 0 Å². The van der Waals surface area contributed by atoms with Crippen LogP contribution in [-0.4, -0.2) is 35.9 Å². The first-order valence-electron chi connectivity index (χ1n) is 8.90. The summed E-state index contributed by atoms with van der Waals surface area (Å²) in [4.78, 5) is 38.0. The number of nitrogens with one attached hydrogen (secondary N) is 1. The Morgan fingerprint density at radius 1 is 1.42 bits per heavy atom. The molecule has 1 aromatic heterocycles. The lowest BCUT2D eigenvalue weighted by Gasteiger charge is -2.43. The third-order valence-corrected chi connectivity index (χ3v) is 9.95. The molecule has 1 aliphatic heterocycles. The fourth-order valence-corrected chi connectivity index (χ4v) is 4.64. The lowest BCUT2D eigenvalue weighted by molar-refractivity contribution is -0.121. The summed E-state index contributed by atoms with van der Waals surface area (Å²) in [5.74, 6) is 0.0259. The fourth-order valence-electron chi connectivity index (χ4n) is 3.04. The highest BCUT2D eigenvalue weighted by molar-refractivity contribution is 6.74. The molecule has 146 valence electrons. The van der Waals surface area contributed by atoms with Crippen molar-refractivity contribution in [2.24, 2.45) is 0 Å². The van der Waals surface area contributed by atoms with Gasteiger partial charge in [0.25, 0.3) is 5.56 Å². The molecule has 2 rings (SSSR count). The summed E-state index contributed by atoms with van der Waals surface area (Å²) in [6.45, 7) is 14.1. The first-order chi connectivity index (χ1) is 11.8. The van der Waals surface area contributed by atoms with Crippen molar-refractivity contribution in [2.75, 3.05) is 6.61 Å². The van der Waals surface area contributed by atoms with Crippen LogP contribution >= 0.6 is 0 Å². The molecule has 0 spiro atoms. The molecule has 2 heterocycles. The van der Waals surface area contributed by atoms with Crippen molar-refractivity contribution in [2.45, 2.75) is 77.4 Å². The molecule has 0 bridgehead atoms. The molecule has 0 saturated carbocycles. The quantitative estimate of drug-likeness (QED) is 0.790. The molecular formula is C18H30N2O5Si. The SMILES string of the molecule is CC(=O)CC1(O[Si](C)(C)C(C)(C)C)CO[C@@H](n2cc(C)c(=O)[nH]c2=O)C1. The van der Waals surface area contributed by atoms with Gasteiger partial charge in [0.05, 0.1) is 12.2 Å². The van der Waals surface area contributed by atoms with Crippen molar-refractivity contribution in [1.29, 1.82) is 0 Å². The molecule has 1 aromatic rings. The third-order valence-electron chi connectivity index (χ3n) is 5.39. The molecule has 26 heavy (non-hydrogen) atoms. The molecule has 7 nitrogen and oxygen atoms in total. The third kappa shape index (κ3) is 4.24. The summed E-state index contributed by atoms with van der Waals surface area (Å²) in [7, 11) is -2.15. The van der Waals surface area contributed by atoms with Gasteiger partial charge in [-0.05, 0) is 32.0 Å². The number of hydrogen-bond acceptors (Lipinski definition) is 5. The maximum atomic E-state index is 12.2. The van der Waals surface area contributed by atoms with Crippen molar-refractivity contribution in [3.63, 3.8) is 0 Å².